The number of hydrogen-bond donors (Lipinski definition) is 3. The highest BCUT2D eigenvalue weighted by atomic mass is 16.3. The molecule has 0 aliphatic heterocycles. The van der Waals surface area contributed by atoms with Crippen LogP contribution in [0.25, 0.3) is 0 Å². The fraction of sp³-hybridized carbons (Fsp3) is 0.643. The van der Waals surface area contributed by atoms with E-state index in [-0.39, 0.29) is 12.5 Å². The van der Waals surface area contributed by atoms with Crippen molar-refractivity contribution in [3.8, 4) is 0 Å². The van der Waals surface area contributed by atoms with Crippen LogP contribution in [-0.4, -0.2) is 35.1 Å². The van der Waals surface area contributed by atoms with Crippen molar-refractivity contribution in [2.75, 3.05) is 13.2 Å². The molecule has 0 saturated heterocycles. The van der Waals surface area contributed by atoms with Gasteiger partial charge in [-0.1, -0.05) is 12.8 Å². The average molecular weight is 281 g/mol. The lowest BCUT2D eigenvalue weighted by Gasteiger charge is -2.26. The molecule has 1 amide bonds. The minimum absolute atomic E-state index is 0.131. The average Bonchev–Trinajstić information content (AvgIpc) is 3.07. The zero-order valence-corrected chi connectivity index (χ0v) is 11.9. The number of carbonyl (C=O) groups excluding carboxylic acids is 1. The van der Waals surface area contributed by atoms with Gasteiger partial charge in [-0.3, -0.25) is 15.1 Å². The molecule has 4 N–H and O–H groups in total. The maximum absolute atomic E-state index is 11.6. The second kappa shape index (κ2) is 6.88. The van der Waals surface area contributed by atoms with Crippen LogP contribution in [0.5, 0.6) is 0 Å². The number of aryl methyl sites for hydroxylation is 1. The van der Waals surface area contributed by atoms with E-state index in [1.165, 1.54) is 12.8 Å². The molecular weight excluding hydrogens is 258 g/mol. The molecule has 0 bridgehead atoms. The van der Waals surface area contributed by atoms with Crippen LogP contribution in [0, 0.1) is 6.92 Å². The molecule has 0 atom stereocenters. The van der Waals surface area contributed by atoms with E-state index in [1.54, 1.807) is 13.0 Å². The van der Waals surface area contributed by atoms with Crippen molar-refractivity contribution < 1.29 is 14.3 Å². The largest absolute Gasteiger partial charge is 0.464 e. The molecule has 1 aliphatic carbocycles. The molecule has 6 heteroatoms. The Bertz CT molecular complexity index is 453. The predicted molar refractivity (Wildman–Crippen MR) is 74.9 cm³/mol. The van der Waals surface area contributed by atoms with Crippen LogP contribution < -0.4 is 11.3 Å². The molecule has 20 heavy (non-hydrogen) atoms. The summed E-state index contributed by atoms with van der Waals surface area (Å²) in [5, 5.41) is 9.21. The van der Waals surface area contributed by atoms with Crippen LogP contribution in [0.3, 0.4) is 0 Å². The van der Waals surface area contributed by atoms with Crippen molar-refractivity contribution in [2.45, 2.75) is 45.2 Å². The second-order valence-corrected chi connectivity index (χ2v) is 5.29. The number of aliphatic hydroxyl groups is 1. The molecule has 1 aromatic rings. The molecule has 1 aliphatic rings. The standard InChI is InChI=1S/C14H23N3O3/c1-10-13(14(19)16-15)8-12(20-10)9-17(6-7-18)11-4-2-3-5-11/h8,11,18H,2-7,9,15H2,1H3,(H,16,19). The smallest absolute Gasteiger partial charge is 0.268 e. The van der Waals surface area contributed by atoms with Gasteiger partial charge in [-0.25, -0.2) is 5.84 Å². The number of nitrogens with zero attached hydrogens (tertiary/aromatic N) is 1. The molecule has 6 nitrogen and oxygen atoms in total. The van der Waals surface area contributed by atoms with Gasteiger partial charge < -0.3 is 9.52 Å². The number of nitrogens with one attached hydrogen (secondary N) is 1. The number of aliphatic hydroxyl groups excluding tert-OH is 1. The zero-order valence-electron chi connectivity index (χ0n) is 11.9. The number of hydrogen-bond acceptors (Lipinski definition) is 5. The Morgan fingerprint density at radius 1 is 1.55 bits per heavy atom. The van der Waals surface area contributed by atoms with Crippen LogP contribution in [0.15, 0.2) is 10.5 Å². The first-order valence-electron chi connectivity index (χ1n) is 7.11. The van der Waals surface area contributed by atoms with E-state index >= 15 is 0 Å². The first kappa shape index (κ1) is 15.0. The molecule has 112 valence electrons. The van der Waals surface area contributed by atoms with Gasteiger partial charge in [-0.05, 0) is 25.8 Å². The van der Waals surface area contributed by atoms with Crippen molar-refractivity contribution in [2.24, 2.45) is 5.84 Å². The minimum Gasteiger partial charge on any atom is -0.464 e. The molecule has 0 spiro atoms. The van der Waals surface area contributed by atoms with Crippen molar-refractivity contribution in [3.05, 3.63) is 23.2 Å². The van der Waals surface area contributed by atoms with Gasteiger partial charge in [-0.15, -0.1) is 0 Å². The Morgan fingerprint density at radius 3 is 2.85 bits per heavy atom. The zero-order chi connectivity index (χ0) is 14.5. The van der Waals surface area contributed by atoms with Crippen LogP contribution in [-0.2, 0) is 6.54 Å². The van der Waals surface area contributed by atoms with Crippen LogP contribution in [0.4, 0.5) is 0 Å². The summed E-state index contributed by atoms with van der Waals surface area (Å²) in [6, 6.07) is 2.23. The van der Waals surface area contributed by atoms with Gasteiger partial charge in [0.1, 0.15) is 11.5 Å². The first-order chi connectivity index (χ1) is 9.65. The molecule has 1 aromatic heterocycles. The Labute approximate surface area is 118 Å². The van der Waals surface area contributed by atoms with Crippen molar-refractivity contribution in [3.63, 3.8) is 0 Å². The molecule has 1 saturated carbocycles. The molecule has 0 aromatic carbocycles. The Kier molecular flexibility index (Phi) is 5.17. The lowest BCUT2D eigenvalue weighted by Crippen LogP contribution is -2.35. The van der Waals surface area contributed by atoms with E-state index in [2.05, 4.69) is 10.3 Å². The minimum atomic E-state index is -0.341. The Balaban J connectivity index is 2.08. The fourth-order valence-corrected chi connectivity index (χ4v) is 2.91. The molecular formula is C14H23N3O3. The van der Waals surface area contributed by atoms with E-state index in [0.29, 0.717) is 30.5 Å². The third-order valence-corrected chi connectivity index (χ3v) is 3.93. The van der Waals surface area contributed by atoms with E-state index < -0.39 is 0 Å². The predicted octanol–water partition coefficient (Wildman–Crippen LogP) is 0.928. The highest BCUT2D eigenvalue weighted by molar-refractivity contribution is 5.94. The number of nitrogen functional groups attached to an aromatic ring is 1. The molecule has 0 unspecified atom stereocenters. The van der Waals surface area contributed by atoms with Crippen molar-refractivity contribution >= 4 is 5.91 Å². The lowest BCUT2D eigenvalue weighted by atomic mass is 10.2. The Hall–Kier alpha value is -1.37. The molecule has 0 radical (unpaired) electrons. The monoisotopic (exact) mass is 281 g/mol. The van der Waals surface area contributed by atoms with Crippen molar-refractivity contribution in [1.29, 1.82) is 0 Å². The lowest BCUT2D eigenvalue weighted by molar-refractivity contribution is 0.0952. The third-order valence-electron chi connectivity index (χ3n) is 3.93. The van der Waals surface area contributed by atoms with Crippen LogP contribution in [0.1, 0.15) is 47.6 Å². The van der Waals surface area contributed by atoms with E-state index in [0.717, 1.165) is 18.6 Å². The first-order valence-corrected chi connectivity index (χ1v) is 7.11. The van der Waals surface area contributed by atoms with E-state index in [1.807, 2.05) is 0 Å². The van der Waals surface area contributed by atoms with Crippen molar-refractivity contribution in [1.82, 2.24) is 10.3 Å². The normalized spacial score (nSPS) is 16.0. The highest BCUT2D eigenvalue weighted by Gasteiger charge is 2.24. The van der Waals surface area contributed by atoms with Crippen LogP contribution in [0.2, 0.25) is 0 Å². The van der Waals surface area contributed by atoms with Gasteiger partial charge in [-0.2, -0.15) is 0 Å². The van der Waals surface area contributed by atoms with Gasteiger partial charge in [0.15, 0.2) is 0 Å². The highest BCUT2D eigenvalue weighted by Crippen LogP contribution is 2.25. The molecule has 1 heterocycles. The summed E-state index contributed by atoms with van der Waals surface area (Å²) in [5.74, 6) is 6.11. The number of furan rings is 1. The summed E-state index contributed by atoms with van der Waals surface area (Å²) in [7, 11) is 0. The maximum atomic E-state index is 11.6. The summed E-state index contributed by atoms with van der Waals surface area (Å²) in [4.78, 5) is 13.8. The number of amides is 1. The van der Waals surface area contributed by atoms with E-state index in [9.17, 15) is 9.90 Å². The van der Waals surface area contributed by atoms with Gasteiger partial charge in [0.05, 0.1) is 18.7 Å². The van der Waals surface area contributed by atoms with E-state index in [4.69, 9.17) is 10.3 Å². The fourth-order valence-electron chi connectivity index (χ4n) is 2.91. The van der Waals surface area contributed by atoms with Gasteiger partial charge >= 0.3 is 0 Å². The summed E-state index contributed by atoms with van der Waals surface area (Å²) < 4.78 is 5.63. The van der Waals surface area contributed by atoms with Gasteiger partial charge in [0, 0.05) is 12.6 Å². The second-order valence-electron chi connectivity index (χ2n) is 5.29. The van der Waals surface area contributed by atoms with Gasteiger partial charge in [0.2, 0.25) is 0 Å². The SMILES string of the molecule is Cc1oc(CN(CCO)C2CCCC2)cc1C(=O)NN. The summed E-state index contributed by atoms with van der Waals surface area (Å²) in [6.07, 6.45) is 4.81. The Morgan fingerprint density at radius 2 is 2.25 bits per heavy atom. The van der Waals surface area contributed by atoms with Gasteiger partial charge in [0.25, 0.3) is 5.91 Å². The summed E-state index contributed by atoms with van der Waals surface area (Å²) >= 11 is 0. The number of rotatable bonds is 6. The molecule has 2 rings (SSSR count). The topological polar surface area (TPSA) is 91.7 Å². The number of nitrogens with two attached hydrogens (primary N) is 1. The quantitative estimate of drug-likeness (QED) is 0.410. The number of hydrazine groups is 1. The molecule has 1 fully saturated rings. The van der Waals surface area contributed by atoms with Crippen LogP contribution >= 0.6 is 0 Å². The maximum Gasteiger partial charge on any atom is 0.268 e. The number of carbonyl (C=O) groups is 1. The summed E-state index contributed by atoms with van der Waals surface area (Å²) in [5.41, 5.74) is 2.59. The third kappa shape index (κ3) is 3.39. The summed E-state index contributed by atoms with van der Waals surface area (Å²) in [6.45, 7) is 3.12.